The molecule has 0 aliphatic carbocycles. The van der Waals surface area contributed by atoms with Crippen molar-refractivity contribution in [1.29, 1.82) is 0 Å². The fraction of sp³-hybridized carbons (Fsp3) is 0.333. The molecule has 0 spiro atoms. The van der Waals surface area contributed by atoms with E-state index in [2.05, 4.69) is 26.1 Å². The van der Waals surface area contributed by atoms with E-state index in [-0.39, 0.29) is 24.7 Å². The normalized spacial score (nSPS) is 12.6. The van der Waals surface area contributed by atoms with Crippen LogP contribution >= 0.6 is 15.9 Å². The largest absolute Gasteiger partial charge is 0.390 e. The zero-order valence-electron chi connectivity index (χ0n) is 10.1. The van der Waals surface area contributed by atoms with Crippen molar-refractivity contribution in [3.8, 4) is 11.4 Å². The lowest BCUT2D eigenvalue weighted by atomic mass is 10.2. The highest BCUT2D eigenvalue weighted by atomic mass is 79.9. The Hall–Kier alpha value is -1.31. The topological polar surface area (TPSA) is 68.4 Å². The molecule has 0 aliphatic heterocycles. The molecular weight excluding hydrogens is 319 g/mol. The lowest BCUT2D eigenvalue weighted by molar-refractivity contribution is 0.0599. The Labute approximate surface area is 117 Å². The number of benzene rings is 1. The van der Waals surface area contributed by atoms with E-state index in [1.54, 1.807) is 6.07 Å². The third-order valence-electron chi connectivity index (χ3n) is 2.36. The summed E-state index contributed by atoms with van der Waals surface area (Å²) in [6.07, 6.45) is -0.519. The maximum Gasteiger partial charge on any atom is 0.229 e. The summed E-state index contributed by atoms with van der Waals surface area (Å²) >= 11 is 3.20. The van der Waals surface area contributed by atoms with Crippen LogP contribution in [0.1, 0.15) is 5.89 Å². The van der Waals surface area contributed by atoms with Crippen molar-refractivity contribution in [1.82, 2.24) is 10.1 Å². The van der Waals surface area contributed by atoms with Crippen LogP contribution in [0.25, 0.3) is 11.4 Å². The predicted molar refractivity (Wildman–Crippen MR) is 69.0 cm³/mol. The Balaban J connectivity index is 2.16. The number of rotatable bonds is 5. The molecule has 19 heavy (non-hydrogen) atoms. The van der Waals surface area contributed by atoms with Crippen molar-refractivity contribution in [3.05, 3.63) is 34.4 Å². The second-order valence-corrected chi connectivity index (χ2v) is 4.90. The van der Waals surface area contributed by atoms with Gasteiger partial charge in [0.05, 0.1) is 19.1 Å². The summed E-state index contributed by atoms with van der Waals surface area (Å²) in [6, 6.07) is 4.33. The molecule has 2 aromatic rings. The third kappa shape index (κ3) is 3.82. The van der Waals surface area contributed by atoms with Crippen LogP contribution in [-0.2, 0) is 11.2 Å². The van der Waals surface area contributed by atoms with Gasteiger partial charge in [-0.3, -0.25) is 0 Å². The molecule has 1 aromatic heterocycles. The zero-order chi connectivity index (χ0) is 13.8. The first kappa shape index (κ1) is 14.1. The zero-order valence-corrected chi connectivity index (χ0v) is 11.7. The van der Waals surface area contributed by atoms with Gasteiger partial charge < -0.3 is 14.4 Å². The molecule has 0 bridgehead atoms. The van der Waals surface area contributed by atoms with Crippen LogP contribution in [0.5, 0.6) is 0 Å². The number of halogens is 2. The van der Waals surface area contributed by atoms with Crippen molar-refractivity contribution in [2.45, 2.75) is 12.5 Å². The molecular formula is C12H12BrFN2O3. The van der Waals surface area contributed by atoms with E-state index in [1.165, 1.54) is 19.2 Å². The van der Waals surface area contributed by atoms with Gasteiger partial charge in [-0.2, -0.15) is 4.98 Å². The lowest BCUT2D eigenvalue weighted by Gasteiger charge is -2.04. The molecule has 1 aromatic carbocycles. The molecule has 0 saturated heterocycles. The molecule has 102 valence electrons. The summed E-state index contributed by atoms with van der Waals surface area (Å²) in [6.45, 7) is 0.184. The summed E-state index contributed by atoms with van der Waals surface area (Å²) in [5.74, 6) is 0.162. The van der Waals surface area contributed by atoms with Gasteiger partial charge in [-0.15, -0.1) is 0 Å². The molecule has 7 heteroatoms. The second kappa shape index (κ2) is 6.23. The first-order chi connectivity index (χ1) is 9.08. The fourth-order valence-electron chi connectivity index (χ4n) is 1.59. The third-order valence-corrected chi connectivity index (χ3v) is 2.82. The number of hydrogen-bond donors (Lipinski definition) is 1. The molecule has 1 heterocycles. The summed E-state index contributed by atoms with van der Waals surface area (Å²) in [5.41, 5.74) is 0.503. The first-order valence-electron chi connectivity index (χ1n) is 5.54. The van der Waals surface area contributed by atoms with Crippen LogP contribution in [-0.4, -0.2) is 35.1 Å². The summed E-state index contributed by atoms with van der Waals surface area (Å²) in [5, 5.41) is 13.3. The van der Waals surface area contributed by atoms with Crippen molar-refractivity contribution in [2.24, 2.45) is 0 Å². The van der Waals surface area contributed by atoms with Crippen LogP contribution in [0, 0.1) is 5.82 Å². The van der Waals surface area contributed by atoms with Crippen molar-refractivity contribution in [3.63, 3.8) is 0 Å². The summed E-state index contributed by atoms with van der Waals surface area (Å²) in [7, 11) is 1.49. The molecule has 1 N–H and O–H groups in total. The predicted octanol–water partition coefficient (Wildman–Crippen LogP) is 2.19. The van der Waals surface area contributed by atoms with Crippen molar-refractivity contribution >= 4 is 15.9 Å². The molecule has 0 amide bonds. The van der Waals surface area contributed by atoms with Crippen LogP contribution in [0.2, 0.25) is 0 Å². The Bertz CT molecular complexity index is 541. The van der Waals surface area contributed by atoms with E-state index in [4.69, 9.17) is 9.26 Å². The van der Waals surface area contributed by atoms with E-state index in [1.807, 2.05) is 0 Å². The highest BCUT2D eigenvalue weighted by Crippen LogP contribution is 2.22. The first-order valence-corrected chi connectivity index (χ1v) is 6.34. The standard InChI is InChI=1S/C12H12BrFN2O3/c1-18-6-10(17)5-11-15-12(16-19-11)7-2-8(13)4-9(14)3-7/h2-4,10,17H,5-6H2,1H3. The molecule has 0 radical (unpaired) electrons. The van der Waals surface area contributed by atoms with Gasteiger partial charge in [0.1, 0.15) is 5.82 Å². The molecule has 1 unspecified atom stereocenters. The minimum atomic E-state index is -0.711. The van der Waals surface area contributed by atoms with Gasteiger partial charge in [-0.25, -0.2) is 4.39 Å². The van der Waals surface area contributed by atoms with E-state index in [0.717, 1.165) is 0 Å². The second-order valence-electron chi connectivity index (χ2n) is 3.98. The van der Waals surface area contributed by atoms with E-state index < -0.39 is 11.9 Å². The van der Waals surface area contributed by atoms with Gasteiger partial charge >= 0.3 is 0 Å². The summed E-state index contributed by atoms with van der Waals surface area (Å²) < 4.78 is 23.7. The van der Waals surface area contributed by atoms with Gasteiger partial charge in [0.2, 0.25) is 11.7 Å². The minimum absolute atomic E-state index is 0.184. The van der Waals surface area contributed by atoms with Gasteiger partial charge in [-0.1, -0.05) is 21.1 Å². The Morgan fingerprint density at radius 3 is 2.95 bits per heavy atom. The number of aromatic nitrogens is 2. The van der Waals surface area contributed by atoms with Crippen LogP contribution in [0.15, 0.2) is 27.2 Å². The monoisotopic (exact) mass is 330 g/mol. The van der Waals surface area contributed by atoms with E-state index >= 15 is 0 Å². The quantitative estimate of drug-likeness (QED) is 0.910. The highest BCUT2D eigenvalue weighted by Gasteiger charge is 2.14. The smallest absolute Gasteiger partial charge is 0.229 e. The van der Waals surface area contributed by atoms with Gasteiger partial charge in [0.15, 0.2) is 0 Å². The number of methoxy groups -OCH3 is 1. The SMILES string of the molecule is COCC(O)Cc1nc(-c2cc(F)cc(Br)c2)no1. The Morgan fingerprint density at radius 1 is 1.47 bits per heavy atom. The molecule has 0 saturated carbocycles. The fourth-order valence-corrected chi connectivity index (χ4v) is 2.06. The molecule has 0 aliphatic rings. The van der Waals surface area contributed by atoms with Gasteiger partial charge in [0, 0.05) is 17.1 Å². The number of aliphatic hydroxyl groups is 1. The van der Waals surface area contributed by atoms with Crippen molar-refractivity contribution in [2.75, 3.05) is 13.7 Å². The Kier molecular flexibility index (Phi) is 4.62. The highest BCUT2D eigenvalue weighted by molar-refractivity contribution is 9.10. The lowest BCUT2D eigenvalue weighted by Crippen LogP contribution is -2.17. The number of ether oxygens (including phenoxy) is 1. The average molecular weight is 331 g/mol. The minimum Gasteiger partial charge on any atom is -0.390 e. The van der Waals surface area contributed by atoms with Crippen LogP contribution in [0.3, 0.4) is 0 Å². The van der Waals surface area contributed by atoms with Gasteiger partial charge in [-0.05, 0) is 18.2 Å². The maximum atomic E-state index is 13.3. The maximum absolute atomic E-state index is 13.3. The van der Waals surface area contributed by atoms with Crippen LogP contribution < -0.4 is 0 Å². The Morgan fingerprint density at radius 2 is 2.26 bits per heavy atom. The molecule has 0 fully saturated rings. The number of hydrogen-bond acceptors (Lipinski definition) is 5. The molecule has 2 rings (SSSR count). The van der Waals surface area contributed by atoms with E-state index in [9.17, 15) is 9.50 Å². The van der Waals surface area contributed by atoms with Gasteiger partial charge in [0.25, 0.3) is 0 Å². The van der Waals surface area contributed by atoms with Crippen molar-refractivity contribution < 1.29 is 18.8 Å². The molecule has 5 nitrogen and oxygen atoms in total. The average Bonchev–Trinajstić information content (AvgIpc) is 2.76. The number of nitrogens with zero attached hydrogens (tertiary/aromatic N) is 2. The van der Waals surface area contributed by atoms with E-state index in [0.29, 0.717) is 10.0 Å². The number of aliphatic hydroxyl groups excluding tert-OH is 1. The molecule has 1 atom stereocenters. The summed E-state index contributed by atoms with van der Waals surface area (Å²) in [4.78, 5) is 4.10. The van der Waals surface area contributed by atoms with Crippen LogP contribution in [0.4, 0.5) is 4.39 Å².